The Morgan fingerprint density at radius 2 is 1.71 bits per heavy atom. The number of nitrogens with one attached hydrogen (secondary N) is 1. The lowest BCUT2D eigenvalue weighted by atomic mass is 10.0. The molecule has 0 spiro atoms. The van der Waals surface area contributed by atoms with Crippen molar-refractivity contribution in [2.75, 3.05) is 32.2 Å². The molecule has 1 rings (SSSR count). The molecule has 0 heterocycles. The van der Waals surface area contributed by atoms with Crippen molar-refractivity contribution in [2.45, 2.75) is 33.7 Å². The van der Waals surface area contributed by atoms with Gasteiger partial charge in [-0.25, -0.2) is 4.79 Å². The van der Waals surface area contributed by atoms with E-state index in [4.69, 9.17) is 14.6 Å². The fraction of sp³-hybridized carbons (Fsp3) is 0.529. The average Bonchev–Trinajstić information content (AvgIpc) is 2.51. The van der Waals surface area contributed by atoms with E-state index in [-0.39, 0.29) is 25.2 Å². The Kier molecular flexibility index (Phi) is 10.4. The summed E-state index contributed by atoms with van der Waals surface area (Å²) >= 11 is 0. The molecule has 1 aromatic carbocycles. The number of aryl methyl sites for hydroxylation is 3. The summed E-state index contributed by atoms with van der Waals surface area (Å²) in [5.41, 5.74) is 9.06. The van der Waals surface area contributed by atoms with Gasteiger partial charge >= 0.3 is 11.9 Å². The number of rotatable bonds is 7. The Bertz CT molecular complexity index is 523. The van der Waals surface area contributed by atoms with Gasteiger partial charge in [0.25, 0.3) is 0 Å². The van der Waals surface area contributed by atoms with E-state index in [9.17, 15) is 9.59 Å². The van der Waals surface area contributed by atoms with Crippen LogP contribution in [0.2, 0.25) is 0 Å². The number of carboxylic acid groups (broad SMARTS) is 1. The second-order valence-corrected chi connectivity index (χ2v) is 5.40. The van der Waals surface area contributed by atoms with Crippen molar-refractivity contribution in [2.24, 2.45) is 5.73 Å². The van der Waals surface area contributed by atoms with Crippen LogP contribution in [0.5, 0.6) is 0 Å². The molecule has 24 heavy (non-hydrogen) atoms. The summed E-state index contributed by atoms with van der Waals surface area (Å²) < 4.78 is 9.94. The van der Waals surface area contributed by atoms with Crippen molar-refractivity contribution in [3.8, 4) is 0 Å². The van der Waals surface area contributed by atoms with E-state index in [1.54, 1.807) is 14.0 Å². The lowest BCUT2D eigenvalue weighted by Crippen LogP contribution is -2.29. The minimum absolute atomic E-state index is 0.267. The van der Waals surface area contributed by atoms with Crippen LogP contribution in [0.15, 0.2) is 12.1 Å². The van der Waals surface area contributed by atoms with Gasteiger partial charge in [-0.05, 0) is 38.8 Å². The van der Waals surface area contributed by atoms with Crippen molar-refractivity contribution in [1.29, 1.82) is 0 Å². The third-order valence-corrected chi connectivity index (χ3v) is 3.10. The highest BCUT2D eigenvalue weighted by atomic mass is 16.6. The van der Waals surface area contributed by atoms with Gasteiger partial charge in [0, 0.05) is 12.8 Å². The van der Waals surface area contributed by atoms with Crippen molar-refractivity contribution < 1.29 is 24.2 Å². The third-order valence-electron chi connectivity index (χ3n) is 3.10. The van der Waals surface area contributed by atoms with E-state index in [0.29, 0.717) is 6.61 Å². The standard InChI is InChI=1S/C15H23NO3.C2H5NO2/c1-10-8-11(2)14(12(3)9-10)16-13(4)15(17)19-7-6-18-5;3-1-2(4)5/h8-9,13,16H,6-7H2,1-5H3;1,3H2,(H,4,5)/t13-;/m0./s1. The van der Waals surface area contributed by atoms with Gasteiger partial charge in [-0.1, -0.05) is 17.7 Å². The normalized spacial score (nSPS) is 11.1. The number of ether oxygens (including phenoxy) is 2. The number of carboxylic acids is 1. The highest BCUT2D eigenvalue weighted by Gasteiger charge is 2.16. The molecule has 1 aromatic rings. The average molecular weight is 340 g/mol. The van der Waals surface area contributed by atoms with Gasteiger partial charge in [0.1, 0.15) is 12.6 Å². The number of methoxy groups -OCH3 is 1. The smallest absolute Gasteiger partial charge is 0.328 e. The van der Waals surface area contributed by atoms with Crippen LogP contribution >= 0.6 is 0 Å². The number of benzene rings is 1. The van der Waals surface area contributed by atoms with Crippen molar-refractivity contribution >= 4 is 17.6 Å². The molecule has 136 valence electrons. The van der Waals surface area contributed by atoms with E-state index in [1.165, 1.54) is 5.56 Å². The Morgan fingerprint density at radius 3 is 2.12 bits per heavy atom. The number of hydrogen-bond acceptors (Lipinski definition) is 6. The molecule has 0 saturated heterocycles. The maximum atomic E-state index is 11.8. The zero-order valence-corrected chi connectivity index (χ0v) is 15.0. The lowest BCUT2D eigenvalue weighted by molar-refractivity contribution is -0.145. The van der Waals surface area contributed by atoms with Crippen LogP contribution in [0.25, 0.3) is 0 Å². The molecule has 1 atom stereocenters. The fourth-order valence-corrected chi connectivity index (χ4v) is 2.03. The first-order valence-electron chi connectivity index (χ1n) is 7.64. The highest BCUT2D eigenvalue weighted by Crippen LogP contribution is 2.22. The number of carbonyl (C=O) groups is 2. The molecular formula is C17H28N2O5. The van der Waals surface area contributed by atoms with Gasteiger partial charge in [0.2, 0.25) is 0 Å². The molecule has 0 aliphatic rings. The Labute approximate surface area is 143 Å². The molecule has 7 heteroatoms. The lowest BCUT2D eigenvalue weighted by Gasteiger charge is -2.18. The molecule has 0 amide bonds. The van der Waals surface area contributed by atoms with Crippen molar-refractivity contribution in [3.05, 3.63) is 28.8 Å². The molecule has 7 nitrogen and oxygen atoms in total. The summed E-state index contributed by atoms with van der Waals surface area (Å²) in [5.74, 6) is -1.23. The second-order valence-electron chi connectivity index (χ2n) is 5.40. The summed E-state index contributed by atoms with van der Waals surface area (Å²) in [6.45, 7) is 8.35. The molecule has 0 aliphatic carbocycles. The maximum Gasteiger partial charge on any atom is 0.328 e. The number of hydrogen-bond donors (Lipinski definition) is 3. The number of carbonyl (C=O) groups excluding carboxylic acids is 1. The quantitative estimate of drug-likeness (QED) is 0.511. The summed E-state index contributed by atoms with van der Waals surface area (Å²) in [4.78, 5) is 21.0. The molecule has 4 N–H and O–H groups in total. The van der Waals surface area contributed by atoms with E-state index in [2.05, 4.69) is 30.1 Å². The first kappa shape index (κ1) is 21.9. The van der Waals surface area contributed by atoms with Crippen LogP contribution in [-0.2, 0) is 19.1 Å². The van der Waals surface area contributed by atoms with Crippen molar-refractivity contribution in [3.63, 3.8) is 0 Å². The molecule has 0 aromatic heterocycles. The molecule has 0 unspecified atom stereocenters. The van der Waals surface area contributed by atoms with E-state index >= 15 is 0 Å². The zero-order chi connectivity index (χ0) is 18.7. The Hall–Kier alpha value is -2.12. The summed E-state index contributed by atoms with van der Waals surface area (Å²) in [5, 5.41) is 10.8. The minimum Gasteiger partial charge on any atom is -0.480 e. The summed E-state index contributed by atoms with van der Waals surface area (Å²) in [6.07, 6.45) is 0. The van der Waals surface area contributed by atoms with E-state index in [1.807, 2.05) is 13.8 Å². The van der Waals surface area contributed by atoms with Crippen LogP contribution in [0, 0.1) is 20.8 Å². The fourth-order valence-electron chi connectivity index (χ4n) is 2.03. The number of nitrogens with two attached hydrogens (primary N) is 1. The van der Waals surface area contributed by atoms with Crippen LogP contribution in [-0.4, -0.2) is 50.0 Å². The predicted molar refractivity (Wildman–Crippen MR) is 93.3 cm³/mol. The van der Waals surface area contributed by atoms with Gasteiger partial charge < -0.3 is 25.6 Å². The van der Waals surface area contributed by atoms with Crippen LogP contribution in [0.3, 0.4) is 0 Å². The monoisotopic (exact) mass is 340 g/mol. The Morgan fingerprint density at radius 1 is 1.21 bits per heavy atom. The molecule has 0 fully saturated rings. The van der Waals surface area contributed by atoms with Gasteiger partial charge in [-0.15, -0.1) is 0 Å². The van der Waals surface area contributed by atoms with Gasteiger partial charge in [0.15, 0.2) is 0 Å². The molecule has 0 aliphatic heterocycles. The van der Waals surface area contributed by atoms with Gasteiger partial charge in [-0.2, -0.15) is 0 Å². The maximum absolute atomic E-state index is 11.8. The topological polar surface area (TPSA) is 111 Å². The zero-order valence-electron chi connectivity index (χ0n) is 15.0. The second kappa shape index (κ2) is 11.4. The number of aliphatic carboxylic acids is 1. The van der Waals surface area contributed by atoms with Crippen LogP contribution in [0.4, 0.5) is 5.69 Å². The molecular weight excluding hydrogens is 312 g/mol. The Balaban J connectivity index is 0.000000922. The highest BCUT2D eigenvalue weighted by molar-refractivity contribution is 5.79. The van der Waals surface area contributed by atoms with Crippen molar-refractivity contribution in [1.82, 2.24) is 0 Å². The molecule has 0 bridgehead atoms. The van der Waals surface area contributed by atoms with Crippen LogP contribution < -0.4 is 11.1 Å². The van der Waals surface area contributed by atoms with Crippen LogP contribution in [0.1, 0.15) is 23.6 Å². The summed E-state index contributed by atoms with van der Waals surface area (Å²) in [7, 11) is 1.58. The van der Waals surface area contributed by atoms with Gasteiger partial charge in [-0.3, -0.25) is 4.79 Å². The third kappa shape index (κ3) is 8.50. The summed E-state index contributed by atoms with van der Waals surface area (Å²) in [6, 6.07) is 3.81. The number of anilines is 1. The van der Waals surface area contributed by atoms with Gasteiger partial charge in [0.05, 0.1) is 13.2 Å². The van der Waals surface area contributed by atoms with E-state index < -0.39 is 5.97 Å². The SMILES string of the molecule is COCCOC(=O)[C@H](C)Nc1c(C)cc(C)cc1C.NCC(=O)O. The van der Waals surface area contributed by atoms with E-state index in [0.717, 1.165) is 16.8 Å². The predicted octanol–water partition coefficient (Wildman–Crippen LogP) is 1.63. The molecule has 0 saturated carbocycles. The molecule has 0 radical (unpaired) electrons. The first-order valence-corrected chi connectivity index (χ1v) is 7.64. The first-order chi connectivity index (χ1) is 11.2. The largest absolute Gasteiger partial charge is 0.480 e. The number of esters is 1. The minimum atomic E-state index is -0.968.